The summed E-state index contributed by atoms with van der Waals surface area (Å²) in [6.07, 6.45) is 1.14. The number of ether oxygens (including phenoxy) is 4. The second-order valence-electron chi connectivity index (χ2n) is 10.8. The molecule has 5 aromatic rings. The van der Waals surface area contributed by atoms with Crippen molar-refractivity contribution in [2.45, 2.75) is 31.1 Å². The van der Waals surface area contributed by atoms with E-state index in [0.29, 0.717) is 17.2 Å². The predicted molar refractivity (Wildman–Crippen MR) is 165 cm³/mol. The SMILES string of the molecule is COc1cccc(Oc2c(NS(=O)(=O)c3ccc(C(C)(C)C)cc3)ncnc2OCCOC(=O)c2cc3ccccc3[nH]2)c1. The average molecular weight is 617 g/mol. The molecule has 11 nitrogen and oxygen atoms in total. The minimum absolute atomic E-state index is 0.0443. The number of aromatic nitrogens is 3. The molecule has 0 bridgehead atoms. The van der Waals surface area contributed by atoms with Gasteiger partial charge >= 0.3 is 5.97 Å². The Hall–Kier alpha value is -5.10. The summed E-state index contributed by atoms with van der Waals surface area (Å²) in [5, 5.41) is 0.885. The Kier molecular flexibility index (Phi) is 8.72. The molecule has 228 valence electrons. The molecule has 0 radical (unpaired) electrons. The Morgan fingerprint density at radius 1 is 0.909 bits per heavy atom. The summed E-state index contributed by atoms with van der Waals surface area (Å²) in [5.74, 6) is -0.00195. The highest BCUT2D eigenvalue weighted by Gasteiger charge is 2.23. The van der Waals surface area contributed by atoms with Crippen LogP contribution in [0.1, 0.15) is 36.8 Å². The fourth-order valence-corrected chi connectivity index (χ4v) is 5.27. The van der Waals surface area contributed by atoms with Crippen LogP contribution in [-0.2, 0) is 20.2 Å². The number of H-pyrrole nitrogens is 1. The van der Waals surface area contributed by atoms with Crippen molar-refractivity contribution in [2.75, 3.05) is 25.0 Å². The number of anilines is 1. The molecule has 0 saturated heterocycles. The van der Waals surface area contributed by atoms with Crippen LogP contribution in [-0.4, -0.2) is 49.7 Å². The van der Waals surface area contributed by atoms with Crippen LogP contribution in [0.15, 0.2) is 90.1 Å². The highest BCUT2D eigenvalue weighted by atomic mass is 32.2. The van der Waals surface area contributed by atoms with Crippen LogP contribution >= 0.6 is 0 Å². The molecule has 0 atom stereocenters. The number of sulfonamides is 1. The van der Waals surface area contributed by atoms with Crippen LogP contribution in [0.25, 0.3) is 10.9 Å². The van der Waals surface area contributed by atoms with E-state index < -0.39 is 16.0 Å². The van der Waals surface area contributed by atoms with E-state index in [1.165, 1.54) is 19.2 Å². The van der Waals surface area contributed by atoms with Crippen molar-refractivity contribution in [3.63, 3.8) is 0 Å². The Bertz CT molecular complexity index is 1850. The summed E-state index contributed by atoms with van der Waals surface area (Å²) in [6.45, 7) is 5.92. The lowest BCUT2D eigenvalue weighted by Gasteiger charge is -2.19. The van der Waals surface area contributed by atoms with Crippen LogP contribution in [0, 0.1) is 0 Å². The number of nitrogens with zero attached hydrogens (tertiary/aromatic N) is 2. The van der Waals surface area contributed by atoms with Gasteiger partial charge in [-0.1, -0.05) is 57.2 Å². The van der Waals surface area contributed by atoms with E-state index in [1.54, 1.807) is 42.5 Å². The first-order valence-electron chi connectivity index (χ1n) is 13.7. The van der Waals surface area contributed by atoms with Crippen molar-refractivity contribution >= 4 is 32.7 Å². The van der Waals surface area contributed by atoms with Crippen LogP contribution in [0.4, 0.5) is 5.82 Å². The normalized spacial score (nSPS) is 11.6. The first-order chi connectivity index (χ1) is 21.0. The van der Waals surface area contributed by atoms with Crippen LogP contribution in [0.3, 0.4) is 0 Å². The van der Waals surface area contributed by atoms with Crippen molar-refractivity contribution in [1.29, 1.82) is 0 Å². The lowest BCUT2D eigenvalue weighted by Crippen LogP contribution is -2.17. The number of esters is 1. The van der Waals surface area contributed by atoms with Gasteiger partial charge in [-0.25, -0.2) is 18.2 Å². The first kappa shape index (κ1) is 30.4. The first-order valence-corrected chi connectivity index (χ1v) is 15.2. The molecule has 0 fully saturated rings. The topological polar surface area (TPSA) is 142 Å². The highest BCUT2D eigenvalue weighted by Crippen LogP contribution is 2.37. The number of para-hydroxylation sites is 1. The second kappa shape index (κ2) is 12.6. The molecule has 2 heterocycles. The van der Waals surface area contributed by atoms with Gasteiger partial charge in [0.15, 0.2) is 5.82 Å². The molecule has 0 amide bonds. The van der Waals surface area contributed by atoms with Gasteiger partial charge < -0.3 is 23.9 Å². The third-order valence-electron chi connectivity index (χ3n) is 6.60. The predicted octanol–water partition coefficient (Wildman–Crippen LogP) is 6.09. The second-order valence-corrected chi connectivity index (χ2v) is 12.5. The van der Waals surface area contributed by atoms with Gasteiger partial charge in [0.2, 0.25) is 5.75 Å². The maximum Gasteiger partial charge on any atom is 0.354 e. The maximum atomic E-state index is 13.4. The minimum Gasteiger partial charge on any atom is -0.497 e. The number of nitrogens with one attached hydrogen (secondary N) is 2. The van der Waals surface area contributed by atoms with Gasteiger partial charge in [0.1, 0.15) is 36.7 Å². The van der Waals surface area contributed by atoms with Gasteiger partial charge in [-0.3, -0.25) is 4.72 Å². The highest BCUT2D eigenvalue weighted by molar-refractivity contribution is 7.92. The van der Waals surface area contributed by atoms with E-state index in [1.807, 2.05) is 45.0 Å². The monoisotopic (exact) mass is 616 g/mol. The van der Waals surface area contributed by atoms with Crippen molar-refractivity contribution < 1.29 is 32.2 Å². The summed E-state index contributed by atoms with van der Waals surface area (Å²) in [6, 6.07) is 22.5. The van der Waals surface area contributed by atoms with Gasteiger partial charge in [0.05, 0.1) is 12.0 Å². The van der Waals surface area contributed by atoms with Crippen LogP contribution in [0.5, 0.6) is 23.1 Å². The zero-order valence-electron chi connectivity index (χ0n) is 24.7. The number of hydrogen-bond donors (Lipinski definition) is 2. The summed E-state index contributed by atoms with van der Waals surface area (Å²) in [5.41, 5.74) is 1.97. The molecule has 0 unspecified atom stereocenters. The molecule has 5 rings (SSSR count). The molecular weight excluding hydrogens is 584 g/mol. The lowest BCUT2D eigenvalue weighted by molar-refractivity contribution is 0.0441. The van der Waals surface area contributed by atoms with Crippen molar-refractivity contribution in [1.82, 2.24) is 15.0 Å². The number of rotatable bonds is 11. The molecular formula is C32H32N4O7S. The molecule has 0 aliphatic heterocycles. The molecule has 2 N–H and O–H groups in total. The van der Waals surface area contributed by atoms with Crippen LogP contribution < -0.4 is 18.9 Å². The quantitative estimate of drug-likeness (QED) is 0.133. The van der Waals surface area contributed by atoms with Gasteiger partial charge in [-0.2, -0.15) is 4.98 Å². The van der Waals surface area contributed by atoms with Crippen molar-refractivity contribution in [2.24, 2.45) is 0 Å². The summed E-state index contributed by atoms with van der Waals surface area (Å²) < 4.78 is 51.7. The number of carbonyl (C=O) groups excluding carboxylic acids is 1. The van der Waals surface area contributed by atoms with E-state index in [9.17, 15) is 13.2 Å². The third-order valence-corrected chi connectivity index (χ3v) is 7.95. The standard InChI is InChI=1S/C32H32N4O7S/c1-32(2,3)22-12-14-25(15-13-22)44(38,39)36-29-28(43-24-10-7-9-23(19-24)40-4)30(34-20-33-29)41-16-17-42-31(37)27-18-21-8-5-6-11-26(21)35-27/h5-15,18-20,35H,16-17H2,1-4H3,(H,33,34,36). The molecule has 0 spiro atoms. The number of hydrogen-bond acceptors (Lipinski definition) is 9. The molecule has 2 aromatic heterocycles. The minimum atomic E-state index is -4.07. The van der Waals surface area contributed by atoms with Crippen molar-refractivity contribution in [3.05, 3.63) is 96.4 Å². The Balaban J connectivity index is 1.35. The fraction of sp³-hybridized carbons (Fsp3) is 0.219. The molecule has 0 aliphatic rings. The summed E-state index contributed by atoms with van der Waals surface area (Å²) in [4.78, 5) is 23.9. The number of carbonyl (C=O) groups is 1. The average Bonchev–Trinajstić information content (AvgIpc) is 3.45. The molecule has 44 heavy (non-hydrogen) atoms. The summed E-state index contributed by atoms with van der Waals surface area (Å²) in [7, 11) is -2.56. The number of benzene rings is 3. The molecule has 0 saturated carbocycles. The largest absolute Gasteiger partial charge is 0.497 e. The zero-order valence-corrected chi connectivity index (χ0v) is 25.5. The molecule has 12 heteroatoms. The van der Waals surface area contributed by atoms with E-state index in [-0.39, 0.29) is 41.0 Å². The van der Waals surface area contributed by atoms with E-state index in [4.69, 9.17) is 18.9 Å². The number of aromatic amines is 1. The summed E-state index contributed by atoms with van der Waals surface area (Å²) >= 11 is 0. The van der Waals surface area contributed by atoms with E-state index in [2.05, 4.69) is 19.7 Å². The van der Waals surface area contributed by atoms with Crippen LogP contribution in [0.2, 0.25) is 0 Å². The van der Waals surface area contributed by atoms with Gasteiger partial charge in [0, 0.05) is 17.0 Å². The Morgan fingerprint density at radius 3 is 2.39 bits per heavy atom. The number of methoxy groups -OCH3 is 1. The molecule has 0 aliphatic carbocycles. The van der Waals surface area contributed by atoms with Gasteiger partial charge in [-0.05, 0) is 47.4 Å². The maximum absolute atomic E-state index is 13.4. The lowest BCUT2D eigenvalue weighted by atomic mass is 9.87. The Labute approximate surface area is 255 Å². The zero-order chi connectivity index (χ0) is 31.3. The smallest absolute Gasteiger partial charge is 0.354 e. The van der Waals surface area contributed by atoms with Gasteiger partial charge in [-0.15, -0.1) is 0 Å². The van der Waals surface area contributed by atoms with Gasteiger partial charge in [0.25, 0.3) is 15.9 Å². The van der Waals surface area contributed by atoms with Crippen molar-refractivity contribution in [3.8, 4) is 23.1 Å². The van der Waals surface area contributed by atoms with E-state index in [0.717, 1.165) is 22.8 Å². The Morgan fingerprint density at radius 2 is 1.66 bits per heavy atom. The van der Waals surface area contributed by atoms with E-state index >= 15 is 0 Å². The fourth-order valence-electron chi connectivity index (χ4n) is 4.26. The number of fused-ring (bicyclic) bond motifs is 1. The third kappa shape index (κ3) is 7.09. The molecule has 3 aromatic carbocycles.